The van der Waals surface area contributed by atoms with Crippen LogP contribution >= 0.6 is 0 Å². The maximum absolute atomic E-state index is 12.0. The number of esters is 1. The van der Waals surface area contributed by atoms with Gasteiger partial charge in [0.2, 0.25) is 0 Å². The summed E-state index contributed by atoms with van der Waals surface area (Å²) in [4.78, 5) is 18.7. The molecule has 1 N–H and O–H groups in total. The molecule has 0 aliphatic carbocycles. The van der Waals surface area contributed by atoms with Crippen LogP contribution in [0.3, 0.4) is 0 Å². The molecule has 5 heteroatoms. The van der Waals surface area contributed by atoms with Crippen molar-refractivity contribution in [3.05, 3.63) is 35.9 Å². The molecule has 1 aromatic rings. The summed E-state index contributed by atoms with van der Waals surface area (Å²) < 4.78 is 4.96. The molecule has 21 heavy (non-hydrogen) atoms. The molecule has 1 fully saturated rings. The first kappa shape index (κ1) is 14.1. The lowest BCUT2D eigenvalue weighted by atomic mass is 9.92. The van der Waals surface area contributed by atoms with Gasteiger partial charge in [-0.3, -0.25) is 14.7 Å². The van der Waals surface area contributed by atoms with Gasteiger partial charge in [0, 0.05) is 18.5 Å². The molecule has 0 amide bonds. The van der Waals surface area contributed by atoms with Crippen LogP contribution in [0.1, 0.15) is 18.0 Å². The van der Waals surface area contributed by atoms with Gasteiger partial charge in [0.05, 0.1) is 13.7 Å². The van der Waals surface area contributed by atoms with Gasteiger partial charge in [-0.2, -0.15) is 0 Å². The first-order valence-corrected chi connectivity index (χ1v) is 7.35. The number of methoxy groups -OCH3 is 1. The summed E-state index contributed by atoms with van der Waals surface area (Å²) in [6.07, 6.45) is 0.745. The number of likely N-dealkylation sites (tertiary alicyclic amines) is 1. The second kappa shape index (κ2) is 5.85. The lowest BCUT2D eigenvalue weighted by Crippen LogP contribution is -2.35. The number of carbonyl (C=O) groups excluding carboxylic acids is 1. The zero-order chi connectivity index (χ0) is 14.8. The van der Waals surface area contributed by atoms with E-state index >= 15 is 0 Å². The zero-order valence-electron chi connectivity index (χ0n) is 12.5. The SMILES string of the molecule is COC(=O)C1CC(C2=NCCN2)C(c2ccccc2)N1C. The standard InChI is InChI=1S/C16H21N3O2/c1-19-13(16(20)21-2)10-12(15-17-8-9-18-15)14(19)11-6-4-3-5-7-11/h3-7,12-14H,8-10H2,1-2H3,(H,17,18). The molecule has 0 aromatic heterocycles. The van der Waals surface area contributed by atoms with E-state index in [2.05, 4.69) is 27.3 Å². The highest BCUT2D eigenvalue weighted by Crippen LogP contribution is 2.41. The largest absolute Gasteiger partial charge is 0.468 e. The quantitative estimate of drug-likeness (QED) is 0.849. The summed E-state index contributed by atoms with van der Waals surface area (Å²) in [6, 6.07) is 10.3. The Morgan fingerprint density at radius 1 is 1.38 bits per heavy atom. The van der Waals surface area contributed by atoms with Gasteiger partial charge in [-0.1, -0.05) is 30.3 Å². The minimum absolute atomic E-state index is 0.152. The van der Waals surface area contributed by atoms with Crippen molar-refractivity contribution in [1.29, 1.82) is 0 Å². The number of hydrogen-bond donors (Lipinski definition) is 1. The number of ether oxygens (including phenoxy) is 1. The van der Waals surface area contributed by atoms with Crippen molar-refractivity contribution in [1.82, 2.24) is 10.2 Å². The Morgan fingerprint density at radius 2 is 2.14 bits per heavy atom. The van der Waals surface area contributed by atoms with E-state index in [0.717, 1.165) is 25.3 Å². The number of likely N-dealkylation sites (N-methyl/N-ethyl adjacent to an activating group) is 1. The minimum atomic E-state index is -0.213. The molecule has 1 saturated heterocycles. The third-order valence-corrected chi connectivity index (χ3v) is 4.45. The van der Waals surface area contributed by atoms with Crippen molar-refractivity contribution >= 4 is 11.8 Å². The van der Waals surface area contributed by atoms with Crippen LogP contribution in [-0.4, -0.2) is 50.0 Å². The highest BCUT2D eigenvalue weighted by atomic mass is 16.5. The summed E-state index contributed by atoms with van der Waals surface area (Å²) in [7, 11) is 3.45. The molecule has 0 spiro atoms. The molecule has 5 nitrogen and oxygen atoms in total. The van der Waals surface area contributed by atoms with Gasteiger partial charge in [-0.05, 0) is 19.0 Å². The van der Waals surface area contributed by atoms with Crippen LogP contribution in [0.4, 0.5) is 0 Å². The van der Waals surface area contributed by atoms with Gasteiger partial charge in [0.15, 0.2) is 0 Å². The molecule has 3 rings (SSSR count). The van der Waals surface area contributed by atoms with Crippen LogP contribution < -0.4 is 5.32 Å². The molecule has 2 aliphatic heterocycles. The summed E-state index contributed by atoms with van der Waals surface area (Å²) >= 11 is 0. The molecule has 0 radical (unpaired) electrons. The van der Waals surface area contributed by atoms with Crippen molar-refractivity contribution in [2.45, 2.75) is 18.5 Å². The average Bonchev–Trinajstić information content (AvgIpc) is 3.15. The lowest BCUT2D eigenvalue weighted by molar-refractivity contribution is -0.145. The first-order valence-electron chi connectivity index (χ1n) is 7.35. The van der Waals surface area contributed by atoms with Crippen LogP contribution in [0, 0.1) is 5.92 Å². The number of carbonyl (C=O) groups is 1. The van der Waals surface area contributed by atoms with E-state index in [1.165, 1.54) is 12.7 Å². The Kier molecular flexibility index (Phi) is 3.92. The van der Waals surface area contributed by atoms with E-state index in [1.54, 1.807) is 0 Å². The molecule has 0 saturated carbocycles. The Hall–Kier alpha value is -1.88. The van der Waals surface area contributed by atoms with E-state index in [1.807, 2.05) is 25.2 Å². The fourth-order valence-electron chi connectivity index (χ4n) is 3.46. The number of rotatable bonds is 3. The Morgan fingerprint density at radius 3 is 2.76 bits per heavy atom. The van der Waals surface area contributed by atoms with Gasteiger partial charge < -0.3 is 10.1 Å². The van der Waals surface area contributed by atoms with Gasteiger partial charge in [0.25, 0.3) is 0 Å². The van der Waals surface area contributed by atoms with E-state index in [4.69, 9.17) is 4.74 Å². The van der Waals surface area contributed by atoms with Gasteiger partial charge in [-0.15, -0.1) is 0 Å². The Balaban J connectivity index is 1.94. The normalized spacial score (nSPS) is 29.0. The number of aliphatic imine (C=N–C) groups is 1. The number of nitrogens with one attached hydrogen (secondary N) is 1. The molecular weight excluding hydrogens is 266 g/mol. The molecule has 3 atom stereocenters. The van der Waals surface area contributed by atoms with Crippen LogP contribution in [0.5, 0.6) is 0 Å². The van der Waals surface area contributed by atoms with Gasteiger partial charge >= 0.3 is 5.97 Å². The average molecular weight is 287 g/mol. The number of hydrogen-bond acceptors (Lipinski definition) is 5. The van der Waals surface area contributed by atoms with Crippen molar-refractivity contribution in [2.24, 2.45) is 10.9 Å². The molecular formula is C16H21N3O2. The summed E-state index contributed by atoms with van der Waals surface area (Å²) in [5.74, 6) is 1.07. The third kappa shape index (κ3) is 2.53. The lowest BCUT2D eigenvalue weighted by Gasteiger charge is -2.27. The van der Waals surface area contributed by atoms with Crippen LogP contribution in [0.15, 0.2) is 35.3 Å². The summed E-state index contributed by atoms with van der Waals surface area (Å²) in [6.45, 7) is 1.71. The number of nitrogens with zero attached hydrogens (tertiary/aromatic N) is 2. The predicted molar refractivity (Wildman–Crippen MR) is 81.2 cm³/mol. The molecule has 2 aliphatic rings. The van der Waals surface area contributed by atoms with E-state index < -0.39 is 0 Å². The van der Waals surface area contributed by atoms with E-state index in [-0.39, 0.29) is 24.0 Å². The van der Waals surface area contributed by atoms with Crippen molar-refractivity contribution in [2.75, 3.05) is 27.2 Å². The zero-order valence-corrected chi connectivity index (χ0v) is 12.5. The summed E-state index contributed by atoms with van der Waals surface area (Å²) in [5.41, 5.74) is 1.22. The molecule has 2 heterocycles. The Labute approximate surface area is 125 Å². The highest BCUT2D eigenvalue weighted by molar-refractivity contribution is 5.88. The number of benzene rings is 1. The summed E-state index contributed by atoms with van der Waals surface area (Å²) in [5, 5.41) is 3.37. The van der Waals surface area contributed by atoms with Gasteiger partial charge in [0.1, 0.15) is 11.9 Å². The van der Waals surface area contributed by atoms with Crippen LogP contribution in [0.2, 0.25) is 0 Å². The van der Waals surface area contributed by atoms with Gasteiger partial charge in [-0.25, -0.2) is 0 Å². The monoisotopic (exact) mass is 287 g/mol. The second-order valence-electron chi connectivity index (χ2n) is 5.60. The number of amidine groups is 1. The maximum atomic E-state index is 12.0. The maximum Gasteiger partial charge on any atom is 0.323 e. The topological polar surface area (TPSA) is 53.9 Å². The fourth-order valence-corrected chi connectivity index (χ4v) is 3.46. The molecule has 1 aromatic carbocycles. The van der Waals surface area contributed by atoms with Crippen LogP contribution in [0.25, 0.3) is 0 Å². The smallest absolute Gasteiger partial charge is 0.323 e. The second-order valence-corrected chi connectivity index (χ2v) is 5.60. The Bertz CT molecular complexity index is 544. The molecule has 112 valence electrons. The fraction of sp³-hybridized carbons (Fsp3) is 0.500. The minimum Gasteiger partial charge on any atom is -0.468 e. The third-order valence-electron chi connectivity index (χ3n) is 4.45. The predicted octanol–water partition coefficient (Wildman–Crippen LogP) is 1.22. The molecule has 3 unspecified atom stereocenters. The van der Waals surface area contributed by atoms with E-state index in [9.17, 15) is 4.79 Å². The molecule has 0 bridgehead atoms. The van der Waals surface area contributed by atoms with Crippen LogP contribution in [-0.2, 0) is 9.53 Å². The van der Waals surface area contributed by atoms with E-state index in [0.29, 0.717) is 0 Å². The highest BCUT2D eigenvalue weighted by Gasteiger charge is 2.46. The van der Waals surface area contributed by atoms with Crippen molar-refractivity contribution in [3.63, 3.8) is 0 Å². The van der Waals surface area contributed by atoms with Crippen molar-refractivity contribution in [3.8, 4) is 0 Å². The van der Waals surface area contributed by atoms with Crippen molar-refractivity contribution < 1.29 is 9.53 Å². The first-order chi connectivity index (χ1) is 10.2.